The van der Waals surface area contributed by atoms with Gasteiger partial charge in [0.1, 0.15) is 6.04 Å². The molecule has 122 valence electrons. The van der Waals surface area contributed by atoms with E-state index in [1.165, 1.54) is 4.90 Å². The van der Waals surface area contributed by atoms with Crippen LogP contribution in [0.4, 0.5) is 0 Å². The fraction of sp³-hybridized carbons (Fsp3) is 0.692. The van der Waals surface area contributed by atoms with Crippen LogP contribution < -0.4 is 5.32 Å². The summed E-state index contributed by atoms with van der Waals surface area (Å²) in [5.74, 6) is -2.71. The minimum Gasteiger partial charge on any atom is -0.480 e. The van der Waals surface area contributed by atoms with E-state index < -0.39 is 42.0 Å². The van der Waals surface area contributed by atoms with Gasteiger partial charge in [-0.3, -0.25) is 9.59 Å². The molecule has 0 saturated carbocycles. The Balaban J connectivity index is 1.76. The first-order valence-corrected chi connectivity index (χ1v) is 7.07. The number of carboxylic acid groups (broad SMARTS) is 1. The van der Waals surface area contributed by atoms with Gasteiger partial charge in [-0.2, -0.15) is 0 Å². The number of nitrogens with one attached hydrogen (secondary N) is 1. The Morgan fingerprint density at radius 3 is 2.68 bits per heavy atom. The Labute approximate surface area is 126 Å². The number of carbonyl (C=O) groups is 4. The maximum absolute atomic E-state index is 11.9. The van der Waals surface area contributed by atoms with Crippen LogP contribution in [0.3, 0.4) is 0 Å². The van der Waals surface area contributed by atoms with Crippen LogP contribution in [0.5, 0.6) is 0 Å². The number of ether oxygens (including phenoxy) is 2. The predicted octanol–water partition coefficient (Wildman–Crippen LogP) is -1.49. The van der Waals surface area contributed by atoms with E-state index in [1.54, 1.807) is 6.92 Å². The van der Waals surface area contributed by atoms with Crippen LogP contribution in [0.2, 0.25) is 0 Å². The molecule has 0 aromatic heterocycles. The van der Waals surface area contributed by atoms with Gasteiger partial charge in [-0.15, -0.1) is 0 Å². The summed E-state index contributed by atoms with van der Waals surface area (Å²) in [4.78, 5) is 47.2. The fourth-order valence-electron chi connectivity index (χ4n) is 2.40. The second-order valence-electron chi connectivity index (χ2n) is 5.03. The van der Waals surface area contributed by atoms with Crippen molar-refractivity contribution in [2.45, 2.75) is 38.0 Å². The van der Waals surface area contributed by atoms with E-state index in [1.807, 2.05) is 0 Å². The molecule has 22 heavy (non-hydrogen) atoms. The predicted molar refractivity (Wildman–Crippen MR) is 70.7 cm³/mol. The number of hydrogen-bond donors (Lipinski definition) is 2. The van der Waals surface area contributed by atoms with Crippen molar-refractivity contribution < 1.29 is 33.8 Å². The molecule has 2 fully saturated rings. The summed E-state index contributed by atoms with van der Waals surface area (Å²) in [6.07, 6.45) is -0.840. The summed E-state index contributed by atoms with van der Waals surface area (Å²) in [6, 6.07) is -0.839. The molecule has 2 saturated heterocycles. The summed E-state index contributed by atoms with van der Waals surface area (Å²) < 4.78 is 9.61. The Hall–Kier alpha value is -2.16. The number of likely N-dealkylation sites (tertiary alicyclic amines) is 1. The van der Waals surface area contributed by atoms with Crippen molar-refractivity contribution in [1.29, 1.82) is 0 Å². The molecular formula is C13H18N2O7. The molecule has 0 spiro atoms. The molecule has 0 aliphatic carbocycles. The van der Waals surface area contributed by atoms with Gasteiger partial charge in [-0.1, -0.05) is 0 Å². The molecule has 9 nitrogen and oxygen atoms in total. The van der Waals surface area contributed by atoms with Gasteiger partial charge in [0.05, 0.1) is 13.2 Å². The molecule has 0 radical (unpaired) electrons. The lowest BCUT2D eigenvalue weighted by molar-refractivity contribution is -0.148. The maximum atomic E-state index is 11.9. The van der Waals surface area contributed by atoms with Gasteiger partial charge < -0.3 is 24.8 Å². The van der Waals surface area contributed by atoms with E-state index in [-0.39, 0.29) is 13.2 Å². The van der Waals surface area contributed by atoms with E-state index in [0.717, 1.165) is 0 Å². The first kappa shape index (κ1) is 16.2. The Morgan fingerprint density at radius 2 is 2.05 bits per heavy atom. The smallest absolute Gasteiger partial charge is 0.338 e. The zero-order valence-electron chi connectivity index (χ0n) is 12.1. The van der Waals surface area contributed by atoms with Crippen molar-refractivity contribution in [1.82, 2.24) is 10.2 Å². The van der Waals surface area contributed by atoms with Gasteiger partial charge in [0.15, 0.2) is 12.2 Å². The Kier molecular flexibility index (Phi) is 4.96. The number of epoxide rings is 1. The molecule has 9 heteroatoms. The van der Waals surface area contributed by atoms with E-state index in [0.29, 0.717) is 19.4 Å². The highest BCUT2D eigenvalue weighted by atomic mass is 16.6. The highest BCUT2D eigenvalue weighted by Gasteiger charge is 2.51. The summed E-state index contributed by atoms with van der Waals surface area (Å²) in [5, 5.41) is 11.4. The summed E-state index contributed by atoms with van der Waals surface area (Å²) >= 11 is 0. The van der Waals surface area contributed by atoms with Crippen LogP contribution >= 0.6 is 0 Å². The number of amides is 2. The molecule has 0 bridgehead atoms. The summed E-state index contributed by atoms with van der Waals surface area (Å²) in [6.45, 7) is 1.87. The first-order valence-electron chi connectivity index (χ1n) is 7.07. The molecule has 2 aliphatic rings. The van der Waals surface area contributed by atoms with Crippen LogP contribution in [-0.4, -0.2) is 71.7 Å². The molecule has 2 aliphatic heterocycles. The van der Waals surface area contributed by atoms with Crippen molar-refractivity contribution in [3.8, 4) is 0 Å². The molecule has 0 unspecified atom stereocenters. The number of aliphatic carboxylic acids is 1. The monoisotopic (exact) mass is 314 g/mol. The average molecular weight is 314 g/mol. The topological polar surface area (TPSA) is 126 Å². The zero-order chi connectivity index (χ0) is 16.3. The largest absolute Gasteiger partial charge is 0.480 e. The van der Waals surface area contributed by atoms with Crippen molar-refractivity contribution in [2.75, 3.05) is 19.7 Å². The van der Waals surface area contributed by atoms with Gasteiger partial charge in [-0.05, 0) is 19.8 Å². The third-order valence-corrected chi connectivity index (χ3v) is 3.54. The number of nitrogens with zero attached hydrogens (tertiary/aromatic N) is 1. The maximum Gasteiger partial charge on any atom is 0.338 e. The second-order valence-corrected chi connectivity index (χ2v) is 5.03. The Bertz CT molecular complexity index is 493. The lowest BCUT2D eigenvalue weighted by Crippen LogP contribution is -2.46. The normalized spacial score (nSPS) is 26.4. The van der Waals surface area contributed by atoms with E-state index in [2.05, 4.69) is 5.32 Å². The highest BCUT2D eigenvalue weighted by Crippen LogP contribution is 2.23. The molecule has 0 aromatic rings. The minimum atomic E-state index is -1.05. The molecule has 2 rings (SSSR count). The molecular weight excluding hydrogens is 296 g/mol. The Morgan fingerprint density at radius 1 is 1.32 bits per heavy atom. The number of carbonyl (C=O) groups excluding carboxylic acids is 3. The van der Waals surface area contributed by atoms with Crippen molar-refractivity contribution >= 4 is 23.8 Å². The molecule has 3 atom stereocenters. The third kappa shape index (κ3) is 3.53. The van der Waals surface area contributed by atoms with Crippen LogP contribution in [0.15, 0.2) is 0 Å². The SMILES string of the molecule is CCOC(=O)[C@@H]1O[C@H]1C(=O)NCC(=O)N1CCC[C@H]1C(=O)O. The summed E-state index contributed by atoms with van der Waals surface area (Å²) in [7, 11) is 0. The van der Waals surface area contributed by atoms with Gasteiger partial charge >= 0.3 is 11.9 Å². The zero-order valence-corrected chi connectivity index (χ0v) is 12.1. The molecule has 2 N–H and O–H groups in total. The van der Waals surface area contributed by atoms with Gasteiger partial charge in [-0.25, -0.2) is 9.59 Å². The van der Waals surface area contributed by atoms with E-state index >= 15 is 0 Å². The fourth-order valence-corrected chi connectivity index (χ4v) is 2.40. The molecule has 0 aromatic carbocycles. The van der Waals surface area contributed by atoms with Crippen LogP contribution in [-0.2, 0) is 28.7 Å². The van der Waals surface area contributed by atoms with Gasteiger partial charge in [0.25, 0.3) is 5.91 Å². The average Bonchev–Trinajstić information content (AvgIpc) is 3.12. The number of carboxylic acids is 1. The van der Waals surface area contributed by atoms with Crippen LogP contribution in [0.25, 0.3) is 0 Å². The number of esters is 1. The van der Waals surface area contributed by atoms with Crippen LogP contribution in [0, 0.1) is 0 Å². The lowest BCUT2D eigenvalue weighted by atomic mass is 10.2. The van der Waals surface area contributed by atoms with E-state index in [4.69, 9.17) is 14.6 Å². The minimum absolute atomic E-state index is 0.192. The van der Waals surface area contributed by atoms with Crippen molar-refractivity contribution in [3.05, 3.63) is 0 Å². The van der Waals surface area contributed by atoms with Crippen molar-refractivity contribution in [3.63, 3.8) is 0 Å². The van der Waals surface area contributed by atoms with E-state index in [9.17, 15) is 19.2 Å². The van der Waals surface area contributed by atoms with Gasteiger partial charge in [0, 0.05) is 6.54 Å². The number of hydrogen-bond acceptors (Lipinski definition) is 6. The first-order chi connectivity index (χ1) is 10.5. The second kappa shape index (κ2) is 6.73. The van der Waals surface area contributed by atoms with Crippen LogP contribution in [0.1, 0.15) is 19.8 Å². The van der Waals surface area contributed by atoms with Gasteiger partial charge in [0.2, 0.25) is 5.91 Å². The third-order valence-electron chi connectivity index (χ3n) is 3.54. The lowest BCUT2D eigenvalue weighted by Gasteiger charge is -2.21. The van der Waals surface area contributed by atoms with Crippen molar-refractivity contribution in [2.24, 2.45) is 0 Å². The standard InChI is InChI=1S/C13H18N2O7/c1-2-21-13(20)10-9(22-10)11(17)14-6-8(16)15-5-3-4-7(15)12(18)19/h7,9-10H,2-6H2,1H3,(H,14,17)(H,18,19)/t7-,9+,10+/m0/s1. The molecule has 2 heterocycles. The highest BCUT2D eigenvalue weighted by molar-refractivity contribution is 5.95. The summed E-state index contributed by atoms with van der Waals surface area (Å²) in [5.41, 5.74) is 0. The quantitative estimate of drug-likeness (QED) is 0.452. The number of rotatable bonds is 6. The molecule has 2 amide bonds.